The van der Waals surface area contributed by atoms with Crippen molar-refractivity contribution in [3.8, 4) is 0 Å². The number of hydrogen-bond acceptors (Lipinski definition) is 3. The average molecular weight is 150 g/mol. The van der Waals surface area contributed by atoms with Gasteiger partial charge in [0.2, 0.25) is 0 Å². The molecule has 58 valence electrons. The van der Waals surface area contributed by atoms with Gasteiger partial charge in [0.25, 0.3) is 0 Å². The summed E-state index contributed by atoms with van der Waals surface area (Å²) < 4.78 is 0. The summed E-state index contributed by atoms with van der Waals surface area (Å²) in [6, 6.07) is 0. The van der Waals surface area contributed by atoms with Crippen molar-refractivity contribution in [2.45, 2.75) is 6.92 Å². The number of nitrogens with zero attached hydrogens (tertiary/aromatic N) is 2. The third-order valence-electron chi connectivity index (χ3n) is 1.23. The molecule has 0 saturated carbocycles. The quantitative estimate of drug-likeness (QED) is 0.566. The van der Waals surface area contributed by atoms with Crippen LogP contribution in [0.25, 0.3) is 0 Å². The van der Waals surface area contributed by atoms with Gasteiger partial charge < -0.3 is 11.1 Å². The zero-order valence-corrected chi connectivity index (χ0v) is 6.33. The second kappa shape index (κ2) is 3.01. The standard InChI is InChI=1S/C7H10N4/c1-3-9-7-6(5(2)8)10-4-11-7/h3-4H,1,8H2,2H3,(H,9,10,11)/b6-5+. The minimum Gasteiger partial charge on any atom is -0.400 e. The van der Waals surface area contributed by atoms with Crippen molar-refractivity contribution in [2.75, 3.05) is 0 Å². The van der Waals surface area contributed by atoms with E-state index in [0.29, 0.717) is 11.5 Å². The van der Waals surface area contributed by atoms with E-state index in [1.807, 2.05) is 0 Å². The lowest BCUT2D eigenvalue weighted by molar-refractivity contribution is 1.16. The summed E-state index contributed by atoms with van der Waals surface area (Å²) in [4.78, 5) is 7.84. The van der Waals surface area contributed by atoms with Crippen LogP contribution in [0.4, 0.5) is 0 Å². The van der Waals surface area contributed by atoms with E-state index in [-0.39, 0.29) is 0 Å². The number of nitrogens with one attached hydrogen (secondary N) is 1. The Hall–Kier alpha value is -1.58. The number of rotatable bonds is 1. The molecule has 0 saturated heterocycles. The summed E-state index contributed by atoms with van der Waals surface area (Å²) in [5.74, 6) is 0.583. The molecular formula is C7H10N4. The predicted octanol–water partition coefficient (Wildman–Crippen LogP) is 0.350. The second-order valence-electron chi connectivity index (χ2n) is 2.10. The average Bonchev–Trinajstić information content (AvgIpc) is 2.36. The number of allylic oxidation sites excluding steroid dienone is 1. The molecule has 0 atom stereocenters. The van der Waals surface area contributed by atoms with Gasteiger partial charge in [-0.15, -0.1) is 0 Å². The number of hydrogen-bond donors (Lipinski definition) is 2. The lowest BCUT2D eigenvalue weighted by atomic mass is 10.3. The van der Waals surface area contributed by atoms with Gasteiger partial charge in [-0.2, -0.15) is 0 Å². The first kappa shape index (κ1) is 7.53. The number of amidine groups is 1. The van der Waals surface area contributed by atoms with Crippen LogP contribution in [0.15, 0.2) is 34.2 Å². The van der Waals surface area contributed by atoms with E-state index in [9.17, 15) is 0 Å². The number of aliphatic imine (C=N–C) groups is 2. The van der Waals surface area contributed by atoms with Crippen LogP contribution < -0.4 is 11.1 Å². The van der Waals surface area contributed by atoms with Gasteiger partial charge in [0, 0.05) is 11.9 Å². The molecule has 0 amide bonds. The Morgan fingerprint density at radius 1 is 1.91 bits per heavy atom. The predicted molar refractivity (Wildman–Crippen MR) is 46.1 cm³/mol. The molecule has 1 heterocycles. The van der Waals surface area contributed by atoms with Gasteiger partial charge in [-0.1, -0.05) is 6.58 Å². The molecule has 0 aromatic carbocycles. The van der Waals surface area contributed by atoms with Gasteiger partial charge >= 0.3 is 0 Å². The van der Waals surface area contributed by atoms with Crippen molar-refractivity contribution >= 4 is 12.2 Å². The SMILES string of the molecule is C=C/N=C1/N=CN/C1=C(\C)N. The van der Waals surface area contributed by atoms with Crippen LogP contribution in [0.1, 0.15) is 6.92 Å². The molecule has 3 N–H and O–H groups in total. The van der Waals surface area contributed by atoms with Crippen molar-refractivity contribution in [3.63, 3.8) is 0 Å². The van der Waals surface area contributed by atoms with Gasteiger partial charge in [-0.3, -0.25) is 0 Å². The van der Waals surface area contributed by atoms with Gasteiger partial charge in [0.1, 0.15) is 5.70 Å². The minimum atomic E-state index is 0.583. The highest BCUT2D eigenvalue weighted by Crippen LogP contribution is 2.03. The molecule has 0 aromatic rings. The van der Waals surface area contributed by atoms with Crippen molar-refractivity contribution in [1.82, 2.24) is 5.32 Å². The Morgan fingerprint density at radius 2 is 2.64 bits per heavy atom. The fourth-order valence-corrected chi connectivity index (χ4v) is 0.762. The van der Waals surface area contributed by atoms with Crippen molar-refractivity contribution in [3.05, 3.63) is 24.2 Å². The molecule has 0 bridgehead atoms. The molecule has 4 heteroatoms. The van der Waals surface area contributed by atoms with Gasteiger partial charge in [0.05, 0.1) is 6.34 Å². The first-order chi connectivity index (χ1) is 5.25. The first-order valence-electron chi connectivity index (χ1n) is 3.20. The monoisotopic (exact) mass is 150 g/mol. The molecule has 0 aromatic heterocycles. The highest BCUT2D eigenvalue weighted by Gasteiger charge is 2.10. The summed E-state index contributed by atoms with van der Waals surface area (Å²) in [6.07, 6.45) is 2.98. The van der Waals surface area contributed by atoms with Crippen LogP contribution in [0.2, 0.25) is 0 Å². The van der Waals surface area contributed by atoms with Crippen LogP contribution in [0.5, 0.6) is 0 Å². The van der Waals surface area contributed by atoms with Gasteiger partial charge in [0.15, 0.2) is 5.84 Å². The van der Waals surface area contributed by atoms with E-state index in [1.165, 1.54) is 6.20 Å². The van der Waals surface area contributed by atoms with Crippen LogP contribution in [-0.2, 0) is 0 Å². The van der Waals surface area contributed by atoms with E-state index >= 15 is 0 Å². The molecule has 1 aliphatic rings. The Balaban J connectivity index is 2.97. The molecule has 11 heavy (non-hydrogen) atoms. The molecule has 1 aliphatic heterocycles. The molecule has 0 spiro atoms. The van der Waals surface area contributed by atoms with E-state index in [4.69, 9.17) is 5.73 Å². The van der Waals surface area contributed by atoms with Crippen LogP contribution in [-0.4, -0.2) is 12.2 Å². The summed E-state index contributed by atoms with van der Waals surface area (Å²) in [6.45, 7) is 5.25. The van der Waals surface area contributed by atoms with E-state index < -0.39 is 0 Å². The third kappa shape index (κ3) is 1.46. The molecule has 1 rings (SSSR count). The minimum absolute atomic E-state index is 0.583. The Kier molecular flexibility index (Phi) is 2.06. The van der Waals surface area contributed by atoms with E-state index in [1.54, 1.807) is 13.3 Å². The second-order valence-corrected chi connectivity index (χ2v) is 2.10. The number of nitrogens with two attached hydrogens (primary N) is 1. The molecule has 0 radical (unpaired) electrons. The van der Waals surface area contributed by atoms with Crippen molar-refractivity contribution in [1.29, 1.82) is 0 Å². The largest absolute Gasteiger partial charge is 0.400 e. The van der Waals surface area contributed by atoms with E-state index in [2.05, 4.69) is 21.9 Å². The molecular weight excluding hydrogens is 140 g/mol. The highest BCUT2D eigenvalue weighted by atomic mass is 15.1. The van der Waals surface area contributed by atoms with E-state index in [0.717, 1.165) is 5.70 Å². The third-order valence-corrected chi connectivity index (χ3v) is 1.23. The summed E-state index contributed by atoms with van der Waals surface area (Å²) >= 11 is 0. The van der Waals surface area contributed by atoms with Crippen LogP contribution in [0.3, 0.4) is 0 Å². The lowest BCUT2D eigenvalue weighted by Crippen LogP contribution is -2.14. The summed E-state index contributed by atoms with van der Waals surface area (Å²) in [5, 5.41) is 2.88. The Bertz CT molecular complexity index is 256. The van der Waals surface area contributed by atoms with Crippen LogP contribution >= 0.6 is 0 Å². The first-order valence-corrected chi connectivity index (χ1v) is 3.20. The smallest absolute Gasteiger partial charge is 0.179 e. The van der Waals surface area contributed by atoms with Gasteiger partial charge in [-0.25, -0.2) is 9.98 Å². The lowest BCUT2D eigenvalue weighted by Gasteiger charge is -1.99. The highest BCUT2D eigenvalue weighted by molar-refractivity contribution is 6.08. The Morgan fingerprint density at radius 3 is 3.18 bits per heavy atom. The van der Waals surface area contributed by atoms with Crippen molar-refractivity contribution in [2.24, 2.45) is 15.7 Å². The Labute approximate surface area is 65.2 Å². The summed E-state index contributed by atoms with van der Waals surface area (Å²) in [5.41, 5.74) is 6.96. The topological polar surface area (TPSA) is 62.8 Å². The summed E-state index contributed by atoms with van der Waals surface area (Å²) in [7, 11) is 0. The van der Waals surface area contributed by atoms with Crippen molar-refractivity contribution < 1.29 is 0 Å². The fourth-order valence-electron chi connectivity index (χ4n) is 0.762. The molecule has 0 fully saturated rings. The normalized spacial score (nSPS) is 23.5. The maximum Gasteiger partial charge on any atom is 0.179 e. The molecule has 0 unspecified atom stereocenters. The van der Waals surface area contributed by atoms with Crippen LogP contribution in [0, 0.1) is 0 Å². The maximum absolute atomic E-state index is 5.54. The fraction of sp³-hybridized carbons (Fsp3) is 0.143. The molecule has 0 aliphatic carbocycles. The molecule has 4 nitrogen and oxygen atoms in total. The zero-order chi connectivity index (χ0) is 8.27. The maximum atomic E-state index is 5.54. The van der Waals surface area contributed by atoms with Gasteiger partial charge in [-0.05, 0) is 6.92 Å². The zero-order valence-electron chi connectivity index (χ0n) is 6.33.